The molecule has 1 aromatic carbocycles. The van der Waals surface area contributed by atoms with Gasteiger partial charge >= 0.3 is 0 Å². The monoisotopic (exact) mass is 552 g/mol. The Morgan fingerprint density at radius 2 is 1.84 bits per heavy atom. The summed E-state index contributed by atoms with van der Waals surface area (Å²) in [6.07, 6.45) is 4.57. The summed E-state index contributed by atoms with van der Waals surface area (Å²) in [5.41, 5.74) is 2.33. The van der Waals surface area contributed by atoms with E-state index in [-0.39, 0.29) is 12.1 Å². The molecule has 3 aromatic rings. The van der Waals surface area contributed by atoms with Gasteiger partial charge in [0.15, 0.2) is 5.82 Å². The van der Waals surface area contributed by atoms with Gasteiger partial charge in [0.2, 0.25) is 10.0 Å². The molecule has 202 valence electrons. The van der Waals surface area contributed by atoms with Crippen LogP contribution in [0.5, 0.6) is 0 Å². The molecule has 0 saturated carbocycles. The Morgan fingerprint density at radius 3 is 2.46 bits per heavy atom. The van der Waals surface area contributed by atoms with Gasteiger partial charge in [-0.2, -0.15) is 8.42 Å². The molecule has 0 bridgehead atoms. The molecule has 1 aliphatic rings. The minimum Gasteiger partial charge on any atom is -0.380 e. The lowest BCUT2D eigenvalue weighted by Gasteiger charge is -2.40. The molecule has 4 N–H and O–H groups in total. The van der Waals surface area contributed by atoms with Gasteiger partial charge in [0.25, 0.3) is 10.1 Å². The fourth-order valence-electron chi connectivity index (χ4n) is 4.04. The third-order valence-corrected chi connectivity index (χ3v) is 5.93. The van der Waals surface area contributed by atoms with E-state index in [1.807, 2.05) is 29.2 Å². The maximum atomic E-state index is 12.0. The van der Waals surface area contributed by atoms with Crippen molar-refractivity contribution in [2.24, 2.45) is 0 Å². The summed E-state index contributed by atoms with van der Waals surface area (Å²) in [5, 5.41) is 4.29. The van der Waals surface area contributed by atoms with Crippen molar-refractivity contribution in [3.8, 4) is 0 Å². The highest BCUT2D eigenvalue weighted by atomic mass is 32.2. The van der Waals surface area contributed by atoms with Crippen molar-refractivity contribution in [3.63, 3.8) is 0 Å². The van der Waals surface area contributed by atoms with Crippen LogP contribution in [-0.4, -0.2) is 81.9 Å². The molecule has 0 amide bonds. The normalized spacial score (nSPS) is 16.3. The lowest BCUT2D eigenvalue weighted by Crippen LogP contribution is -2.54. The van der Waals surface area contributed by atoms with E-state index >= 15 is 0 Å². The number of rotatable bonds is 7. The molecule has 1 saturated heterocycles. The van der Waals surface area contributed by atoms with Crippen LogP contribution in [0.4, 0.5) is 23.0 Å². The third-order valence-electron chi connectivity index (χ3n) is 5.33. The number of fused-ring (bicyclic) bond motifs is 1. The van der Waals surface area contributed by atoms with Crippen LogP contribution in [0, 0.1) is 0 Å². The standard InChI is InChI=1S/C22H28N6O3S.CH4O3S/c1-15(2)24-20-5-4-8-23-22(20)27-9-10-28(18(13-27)14-29)21-12-16-11-17(26-32(3,30)31)6-7-19(16)25-21;1-5(2,3)4/h4-8,11-12,14-15,18,24-26H,9-10,13H2,1-3H3;1H3,(H,2,3,4). The lowest BCUT2D eigenvalue weighted by molar-refractivity contribution is -0.109. The Morgan fingerprint density at radius 1 is 1.14 bits per heavy atom. The Balaban J connectivity index is 0.000000695. The van der Waals surface area contributed by atoms with Gasteiger partial charge in [0, 0.05) is 48.5 Å². The van der Waals surface area contributed by atoms with E-state index < -0.39 is 20.1 Å². The molecule has 1 atom stereocenters. The highest BCUT2D eigenvalue weighted by Gasteiger charge is 2.29. The number of piperazine rings is 1. The number of anilines is 4. The van der Waals surface area contributed by atoms with Crippen molar-refractivity contribution in [2.45, 2.75) is 25.9 Å². The zero-order valence-electron chi connectivity index (χ0n) is 21.0. The Labute approximate surface area is 216 Å². The number of carbonyl (C=O) groups is 1. The van der Waals surface area contributed by atoms with E-state index in [2.05, 4.69) is 38.8 Å². The van der Waals surface area contributed by atoms with Crippen molar-refractivity contribution in [2.75, 3.05) is 52.0 Å². The molecule has 1 aliphatic heterocycles. The van der Waals surface area contributed by atoms with Gasteiger partial charge in [-0.15, -0.1) is 0 Å². The number of aldehydes is 1. The van der Waals surface area contributed by atoms with Crippen molar-refractivity contribution in [1.82, 2.24) is 9.97 Å². The molecule has 1 unspecified atom stereocenters. The van der Waals surface area contributed by atoms with Crippen LogP contribution in [0.1, 0.15) is 13.8 Å². The number of H-pyrrole nitrogens is 1. The van der Waals surface area contributed by atoms with Crippen molar-refractivity contribution >= 4 is 60.3 Å². The highest BCUT2D eigenvalue weighted by Crippen LogP contribution is 2.30. The van der Waals surface area contributed by atoms with Crippen LogP contribution in [0.3, 0.4) is 0 Å². The van der Waals surface area contributed by atoms with Crippen LogP contribution in [0.25, 0.3) is 10.9 Å². The average Bonchev–Trinajstić information content (AvgIpc) is 3.19. The minimum absolute atomic E-state index is 0.273. The van der Waals surface area contributed by atoms with Gasteiger partial charge in [-0.1, -0.05) is 0 Å². The van der Waals surface area contributed by atoms with Gasteiger partial charge in [0.05, 0.1) is 18.2 Å². The first-order valence-corrected chi connectivity index (χ1v) is 15.2. The van der Waals surface area contributed by atoms with Gasteiger partial charge in [-0.05, 0) is 50.2 Å². The Hall–Kier alpha value is -3.36. The van der Waals surface area contributed by atoms with Crippen molar-refractivity contribution in [1.29, 1.82) is 0 Å². The number of pyridine rings is 1. The summed E-state index contributed by atoms with van der Waals surface area (Å²) in [4.78, 5) is 24.1. The average molecular weight is 553 g/mol. The predicted molar refractivity (Wildman–Crippen MR) is 147 cm³/mol. The molecule has 4 rings (SSSR count). The number of hydrogen-bond donors (Lipinski definition) is 4. The zero-order valence-corrected chi connectivity index (χ0v) is 22.7. The fraction of sp³-hybridized carbons (Fsp3) is 0.391. The smallest absolute Gasteiger partial charge is 0.261 e. The van der Waals surface area contributed by atoms with E-state index in [0.717, 1.165) is 40.8 Å². The molecular formula is C23H32N6O6S2. The van der Waals surface area contributed by atoms with E-state index in [1.165, 1.54) is 0 Å². The molecule has 0 radical (unpaired) electrons. The van der Waals surface area contributed by atoms with Crippen LogP contribution >= 0.6 is 0 Å². The maximum Gasteiger partial charge on any atom is 0.261 e. The second-order valence-corrected chi connectivity index (χ2v) is 12.3. The fourth-order valence-corrected chi connectivity index (χ4v) is 4.60. The number of benzene rings is 1. The Bertz CT molecular complexity index is 1450. The topological polar surface area (TPSA) is 165 Å². The molecular weight excluding hydrogens is 520 g/mol. The summed E-state index contributed by atoms with van der Waals surface area (Å²) in [5.74, 6) is 1.68. The summed E-state index contributed by atoms with van der Waals surface area (Å²) in [6.45, 7) is 6.03. The zero-order chi connectivity index (χ0) is 27.4. The van der Waals surface area contributed by atoms with Gasteiger partial charge < -0.3 is 24.9 Å². The number of nitrogens with zero attached hydrogens (tertiary/aromatic N) is 3. The first kappa shape index (κ1) is 28.2. The summed E-state index contributed by atoms with van der Waals surface area (Å²) in [7, 11) is -7.02. The lowest BCUT2D eigenvalue weighted by atomic mass is 10.1. The molecule has 12 nitrogen and oxygen atoms in total. The SMILES string of the molecule is CC(C)Nc1cccnc1N1CCN(c2cc3cc(NS(C)(=O)=O)ccc3[nH]2)C(C=O)C1.CS(=O)(=O)O. The number of sulfonamides is 1. The number of carbonyl (C=O) groups excluding carboxylic acids is 1. The number of aromatic nitrogens is 2. The summed E-state index contributed by atoms with van der Waals surface area (Å²) >= 11 is 0. The first-order valence-electron chi connectivity index (χ1n) is 11.4. The predicted octanol–water partition coefficient (Wildman–Crippen LogP) is 2.15. The van der Waals surface area contributed by atoms with Crippen molar-refractivity contribution < 1.29 is 26.2 Å². The quantitative estimate of drug-likeness (QED) is 0.252. The molecule has 2 aromatic heterocycles. The number of nitrogens with one attached hydrogen (secondary N) is 3. The van der Waals surface area contributed by atoms with E-state index in [9.17, 15) is 21.6 Å². The van der Waals surface area contributed by atoms with Gasteiger partial charge in [-0.25, -0.2) is 13.4 Å². The van der Waals surface area contributed by atoms with Gasteiger partial charge in [-0.3, -0.25) is 9.27 Å². The van der Waals surface area contributed by atoms with Crippen LogP contribution < -0.4 is 19.8 Å². The summed E-state index contributed by atoms with van der Waals surface area (Å²) in [6, 6.07) is 11.1. The number of hydrogen-bond acceptors (Lipinski definition) is 9. The first-order chi connectivity index (χ1) is 17.2. The molecule has 1 fully saturated rings. The molecule has 14 heteroatoms. The third kappa shape index (κ3) is 8.33. The van der Waals surface area contributed by atoms with Crippen LogP contribution in [0.2, 0.25) is 0 Å². The van der Waals surface area contributed by atoms with Gasteiger partial charge in [0.1, 0.15) is 18.1 Å². The second kappa shape index (κ2) is 11.4. The maximum absolute atomic E-state index is 12.0. The molecule has 37 heavy (non-hydrogen) atoms. The second-order valence-electron chi connectivity index (χ2n) is 9.08. The highest BCUT2D eigenvalue weighted by molar-refractivity contribution is 7.92. The molecule has 0 aliphatic carbocycles. The van der Waals surface area contributed by atoms with Crippen LogP contribution in [0.15, 0.2) is 42.6 Å². The number of aromatic amines is 1. The Kier molecular flexibility index (Phi) is 8.66. The molecule has 0 spiro atoms. The largest absolute Gasteiger partial charge is 0.380 e. The van der Waals surface area contributed by atoms with Crippen molar-refractivity contribution in [3.05, 3.63) is 42.6 Å². The van der Waals surface area contributed by atoms with E-state index in [1.54, 1.807) is 18.3 Å². The molecule has 3 heterocycles. The van der Waals surface area contributed by atoms with Crippen LogP contribution in [-0.2, 0) is 24.9 Å². The summed E-state index contributed by atoms with van der Waals surface area (Å²) < 4.78 is 51.4. The van der Waals surface area contributed by atoms with E-state index in [4.69, 9.17) is 4.55 Å². The minimum atomic E-state index is -3.67. The van der Waals surface area contributed by atoms with E-state index in [0.29, 0.717) is 31.6 Å².